The summed E-state index contributed by atoms with van der Waals surface area (Å²) in [5.41, 5.74) is 10.4. The minimum atomic E-state index is -5.08. The maximum Gasteiger partial charge on any atom is 0.490 e. The predicted molar refractivity (Wildman–Crippen MR) is 60.8 cm³/mol. The molecule has 0 aromatic carbocycles. The van der Waals surface area contributed by atoms with Gasteiger partial charge in [-0.1, -0.05) is 0 Å². The number of hydrogen-bond acceptors (Lipinski definition) is 8. The maximum atomic E-state index is 10.6. The number of nitrogens with zero attached hydrogens (tertiary/aromatic N) is 4. The Morgan fingerprint density at radius 3 is 1.00 bits per heavy atom. The Morgan fingerprint density at radius 1 is 0.750 bits per heavy atom. The van der Waals surface area contributed by atoms with E-state index < -0.39 is 24.3 Å². The summed E-state index contributed by atoms with van der Waals surface area (Å²) in [6.45, 7) is 0.510. The highest BCUT2D eigenvalue weighted by molar-refractivity contribution is 5.73. The first kappa shape index (κ1) is 23.6. The number of carboxylic acid groups (broad SMARTS) is 2. The Morgan fingerprint density at radius 2 is 0.917 bits per heavy atom. The van der Waals surface area contributed by atoms with Gasteiger partial charge in [0, 0.05) is 0 Å². The zero-order chi connectivity index (χ0) is 19.6. The lowest BCUT2D eigenvalue weighted by atomic mass is 10.6. The molecule has 0 saturated heterocycles. The van der Waals surface area contributed by atoms with Crippen LogP contribution in [0.3, 0.4) is 0 Å². The zero-order valence-corrected chi connectivity index (χ0v) is 11.3. The van der Waals surface area contributed by atoms with Crippen molar-refractivity contribution < 1.29 is 46.1 Å². The van der Waals surface area contributed by atoms with E-state index in [4.69, 9.17) is 31.3 Å². The Hall–Kier alpha value is -2.62. The average Bonchev–Trinajstić information content (AvgIpc) is 2.46. The molecule has 10 nitrogen and oxygen atoms in total. The number of halogens is 6. The van der Waals surface area contributed by atoms with E-state index in [0.29, 0.717) is 11.6 Å². The molecule has 0 unspecified atom stereocenters. The lowest BCUT2D eigenvalue weighted by Gasteiger charge is -1.93. The third-order valence-electron chi connectivity index (χ3n) is 1.41. The molecule has 24 heavy (non-hydrogen) atoms. The fourth-order valence-electron chi connectivity index (χ4n) is 0.434. The maximum absolute atomic E-state index is 10.6. The highest BCUT2D eigenvalue weighted by Gasteiger charge is 2.38. The second-order valence-electron chi connectivity index (χ2n) is 3.25. The van der Waals surface area contributed by atoms with E-state index in [1.54, 1.807) is 0 Å². The Labute approximate surface area is 128 Å². The molecule has 1 aromatic rings. The van der Waals surface area contributed by atoms with Crippen LogP contribution in [-0.4, -0.2) is 54.9 Å². The van der Waals surface area contributed by atoms with Crippen molar-refractivity contribution >= 4 is 11.9 Å². The van der Waals surface area contributed by atoms with Gasteiger partial charge in [0.2, 0.25) is 0 Å². The molecule has 1 heterocycles. The fourth-order valence-corrected chi connectivity index (χ4v) is 0.434. The van der Waals surface area contributed by atoms with Gasteiger partial charge in [0.15, 0.2) is 11.6 Å². The van der Waals surface area contributed by atoms with Crippen LogP contribution in [0.4, 0.5) is 26.3 Å². The molecule has 0 fully saturated rings. The predicted octanol–water partition coefficient (Wildman–Crippen LogP) is -0.549. The summed E-state index contributed by atoms with van der Waals surface area (Å²) in [6.07, 6.45) is -10.2. The van der Waals surface area contributed by atoms with Crippen molar-refractivity contribution in [1.29, 1.82) is 0 Å². The van der Waals surface area contributed by atoms with E-state index in [-0.39, 0.29) is 13.1 Å². The second kappa shape index (κ2) is 10.2. The Balaban J connectivity index is 0. The third-order valence-corrected chi connectivity index (χ3v) is 1.41. The van der Waals surface area contributed by atoms with Crippen LogP contribution in [0.5, 0.6) is 0 Å². The summed E-state index contributed by atoms with van der Waals surface area (Å²) in [7, 11) is 0. The molecule has 0 amide bonds. The van der Waals surface area contributed by atoms with Gasteiger partial charge in [-0.15, -0.1) is 20.4 Å². The second-order valence-corrected chi connectivity index (χ2v) is 3.25. The van der Waals surface area contributed by atoms with Crippen molar-refractivity contribution in [3.8, 4) is 0 Å². The standard InChI is InChI=1S/C4H8N6.2C2HF3O2/c5-1-3-7-9-4(2-6)10-8-3;2*3-2(4,5)1(6)7/h1-2,5-6H2;2*(H,6,7). The van der Waals surface area contributed by atoms with Gasteiger partial charge in [-0.3, -0.25) is 0 Å². The number of alkyl halides is 6. The van der Waals surface area contributed by atoms with Gasteiger partial charge in [-0.05, 0) is 0 Å². The van der Waals surface area contributed by atoms with Crippen LogP contribution < -0.4 is 11.5 Å². The highest BCUT2D eigenvalue weighted by atomic mass is 19.4. The van der Waals surface area contributed by atoms with Crippen LogP contribution in [0.2, 0.25) is 0 Å². The van der Waals surface area contributed by atoms with Crippen LogP contribution in [0.1, 0.15) is 11.6 Å². The zero-order valence-electron chi connectivity index (χ0n) is 11.3. The minimum Gasteiger partial charge on any atom is -0.475 e. The summed E-state index contributed by atoms with van der Waals surface area (Å²) in [4.78, 5) is 17.8. The van der Waals surface area contributed by atoms with Crippen molar-refractivity contribution in [1.82, 2.24) is 20.4 Å². The summed E-state index contributed by atoms with van der Waals surface area (Å²) >= 11 is 0. The Kier molecular flexibility index (Phi) is 10.1. The first-order chi connectivity index (χ1) is 10.8. The highest BCUT2D eigenvalue weighted by Crippen LogP contribution is 2.13. The largest absolute Gasteiger partial charge is 0.490 e. The van der Waals surface area contributed by atoms with Gasteiger partial charge in [0.1, 0.15) is 0 Å². The lowest BCUT2D eigenvalue weighted by Crippen LogP contribution is -2.21. The molecule has 0 atom stereocenters. The van der Waals surface area contributed by atoms with Crippen molar-refractivity contribution in [2.24, 2.45) is 11.5 Å². The summed E-state index contributed by atoms with van der Waals surface area (Å²) < 4.78 is 63.5. The van der Waals surface area contributed by atoms with Gasteiger partial charge in [-0.25, -0.2) is 9.59 Å². The monoisotopic (exact) mass is 368 g/mol. The molecule has 16 heteroatoms. The fraction of sp³-hybridized carbons (Fsp3) is 0.500. The summed E-state index contributed by atoms with van der Waals surface area (Å²) in [5, 5.41) is 28.8. The molecule has 138 valence electrons. The number of nitrogens with two attached hydrogens (primary N) is 2. The SMILES string of the molecule is NCc1nnc(CN)nn1.O=C(O)C(F)(F)F.O=C(O)C(F)(F)F. The Bertz CT molecular complexity index is 472. The van der Waals surface area contributed by atoms with Gasteiger partial charge in [0.25, 0.3) is 0 Å². The molecule has 1 rings (SSSR count). The quantitative estimate of drug-likeness (QED) is 0.495. The first-order valence-corrected chi connectivity index (χ1v) is 5.31. The normalized spacial score (nSPS) is 10.7. The molecule has 1 aromatic heterocycles. The van der Waals surface area contributed by atoms with E-state index in [0.717, 1.165) is 0 Å². The van der Waals surface area contributed by atoms with Crippen LogP contribution in [-0.2, 0) is 22.7 Å². The van der Waals surface area contributed by atoms with Crippen molar-refractivity contribution in [2.75, 3.05) is 0 Å². The van der Waals surface area contributed by atoms with Crippen LogP contribution in [0.25, 0.3) is 0 Å². The molecule has 0 radical (unpaired) electrons. The van der Waals surface area contributed by atoms with E-state index in [2.05, 4.69) is 20.4 Å². The number of hydrogen-bond donors (Lipinski definition) is 4. The van der Waals surface area contributed by atoms with Gasteiger partial charge in [0.05, 0.1) is 13.1 Å². The molecular formula is C8H10F6N6O4. The van der Waals surface area contributed by atoms with Gasteiger partial charge >= 0.3 is 24.3 Å². The molecule has 0 saturated carbocycles. The summed E-state index contributed by atoms with van der Waals surface area (Å²) in [6, 6.07) is 0. The molecule has 0 spiro atoms. The van der Waals surface area contributed by atoms with Crippen molar-refractivity contribution in [3.63, 3.8) is 0 Å². The smallest absolute Gasteiger partial charge is 0.475 e. The number of aliphatic carboxylic acids is 2. The van der Waals surface area contributed by atoms with E-state index in [1.165, 1.54) is 0 Å². The van der Waals surface area contributed by atoms with E-state index in [9.17, 15) is 26.3 Å². The van der Waals surface area contributed by atoms with Gasteiger partial charge < -0.3 is 21.7 Å². The lowest BCUT2D eigenvalue weighted by molar-refractivity contribution is -0.193. The number of carbonyl (C=O) groups is 2. The average molecular weight is 368 g/mol. The molecule has 6 N–H and O–H groups in total. The van der Waals surface area contributed by atoms with Crippen LogP contribution >= 0.6 is 0 Å². The van der Waals surface area contributed by atoms with Crippen LogP contribution in [0.15, 0.2) is 0 Å². The van der Waals surface area contributed by atoms with E-state index >= 15 is 0 Å². The molecule has 0 aliphatic rings. The van der Waals surface area contributed by atoms with Crippen molar-refractivity contribution in [3.05, 3.63) is 11.6 Å². The number of carboxylic acids is 2. The van der Waals surface area contributed by atoms with Crippen LogP contribution in [0, 0.1) is 0 Å². The number of aromatic nitrogens is 4. The number of rotatable bonds is 2. The topological polar surface area (TPSA) is 178 Å². The molecular weight excluding hydrogens is 358 g/mol. The molecule has 0 aliphatic carbocycles. The van der Waals surface area contributed by atoms with Crippen molar-refractivity contribution in [2.45, 2.75) is 25.4 Å². The van der Waals surface area contributed by atoms with E-state index in [1.807, 2.05) is 0 Å². The molecule has 0 bridgehead atoms. The molecule has 0 aliphatic heterocycles. The third kappa shape index (κ3) is 12.0. The summed E-state index contributed by atoms with van der Waals surface area (Å²) in [5.74, 6) is -4.66. The minimum absolute atomic E-state index is 0.255. The van der Waals surface area contributed by atoms with Gasteiger partial charge in [-0.2, -0.15) is 26.3 Å². The first-order valence-electron chi connectivity index (χ1n) is 5.31.